The van der Waals surface area contributed by atoms with Crippen molar-refractivity contribution in [3.8, 4) is 0 Å². The monoisotopic (exact) mass is 240 g/mol. The zero-order chi connectivity index (χ0) is 12.4. The van der Waals surface area contributed by atoms with Crippen LogP contribution in [0.15, 0.2) is 0 Å². The molecule has 4 heteroatoms. The Hall–Kier alpha value is -0.610. The minimum absolute atomic E-state index is 0.181. The lowest BCUT2D eigenvalue weighted by Crippen LogP contribution is -2.55. The molecule has 2 atom stereocenters. The normalized spacial score (nSPS) is 30.6. The summed E-state index contributed by atoms with van der Waals surface area (Å²) in [7, 11) is 2.19. The Labute approximate surface area is 104 Å². The van der Waals surface area contributed by atoms with Gasteiger partial charge in [-0.15, -0.1) is 0 Å². The number of carboxylic acid groups (broad SMARTS) is 1. The summed E-state index contributed by atoms with van der Waals surface area (Å²) in [6.07, 6.45) is 3.79. The van der Waals surface area contributed by atoms with Gasteiger partial charge in [0.2, 0.25) is 0 Å². The van der Waals surface area contributed by atoms with Gasteiger partial charge >= 0.3 is 5.97 Å². The molecule has 0 bridgehead atoms. The fraction of sp³-hybridized carbons (Fsp3) is 0.923. The van der Waals surface area contributed by atoms with Gasteiger partial charge in [-0.3, -0.25) is 9.69 Å². The number of aliphatic carboxylic acids is 1. The number of nitrogens with zero attached hydrogens (tertiary/aromatic N) is 2. The summed E-state index contributed by atoms with van der Waals surface area (Å²) < 4.78 is 0. The first kappa shape index (κ1) is 12.8. The molecular formula is C13H24N2O2. The van der Waals surface area contributed by atoms with Crippen LogP contribution in [0.4, 0.5) is 0 Å². The van der Waals surface area contributed by atoms with E-state index in [1.165, 1.54) is 32.4 Å². The second-order valence-corrected chi connectivity index (χ2v) is 5.73. The average molecular weight is 240 g/mol. The highest BCUT2D eigenvalue weighted by atomic mass is 16.4. The van der Waals surface area contributed by atoms with Gasteiger partial charge in [0.1, 0.15) is 0 Å². The lowest BCUT2D eigenvalue weighted by molar-refractivity contribution is -0.146. The number of likely N-dealkylation sites (tertiary alicyclic amines) is 2. The number of hydrogen-bond donors (Lipinski definition) is 1. The van der Waals surface area contributed by atoms with Crippen molar-refractivity contribution in [1.29, 1.82) is 0 Å². The number of rotatable bonds is 3. The molecule has 0 amide bonds. The zero-order valence-electron chi connectivity index (χ0n) is 10.9. The molecule has 0 aromatic rings. The first-order valence-electron chi connectivity index (χ1n) is 6.73. The molecule has 2 aliphatic heterocycles. The van der Waals surface area contributed by atoms with Crippen molar-refractivity contribution in [2.24, 2.45) is 11.8 Å². The third-order valence-corrected chi connectivity index (χ3v) is 4.47. The molecule has 0 saturated carbocycles. The summed E-state index contributed by atoms with van der Waals surface area (Å²) in [6.45, 7) is 6.20. The summed E-state index contributed by atoms with van der Waals surface area (Å²) in [5, 5.41) is 8.97. The van der Waals surface area contributed by atoms with Gasteiger partial charge in [-0.05, 0) is 45.3 Å². The molecule has 2 heterocycles. The van der Waals surface area contributed by atoms with E-state index in [0.29, 0.717) is 12.0 Å². The molecule has 0 radical (unpaired) electrons. The molecule has 1 N–H and O–H groups in total. The van der Waals surface area contributed by atoms with Gasteiger partial charge in [-0.1, -0.05) is 6.92 Å². The summed E-state index contributed by atoms with van der Waals surface area (Å²) in [6, 6.07) is 0.692. The van der Waals surface area contributed by atoms with E-state index in [4.69, 9.17) is 5.11 Å². The predicted octanol–water partition coefficient (Wildman–Crippen LogP) is 1.12. The maximum Gasteiger partial charge on any atom is 0.306 e. The first-order chi connectivity index (χ1) is 8.08. The molecule has 2 fully saturated rings. The molecule has 2 unspecified atom stereocenters. The van der Waals surface area contributed by atoms with Gasteiger partial charge in [-0.25, -0.2) is 0 Å². The van der Waals surface area contributed by atoms with Crippen molar-refractivity contribution < 1.29 is 9.90 Å². The lowest BCUT2D eigenvalue weighted by Gasteiger charge is -2.45. The van der Waals surface area contributed by atoms with Crippen molar-refractivity contribution in [3.05, 3.63) is 0 Å². The van der Waals surface area contributed by atoms with E-state index in [1.807, 2.05) is 6.92 Å². The minimum atomic E-state index is -0.643. The van der Waals surface area contributed by atoms with Crippen LogP contribution in [-0.2, 0) is 4.79 Å². The molecule has 0 spiro atoms. The quantitative estimate of drug-likeness (QED) is 0.803. The number of carboxylic acids is 1. The predicted molar refractivity (Wildman–Crippen MR) is 67.0 cm³/mol. The molecular weight excluding hydrogens is 216 g/mol. The summed E-state index contributed by atoms with van der Waals surface area (Å²) in [4.78, 5) is 15.8. The molecule has 0 aliphatic carbocycles. The van der Waals surface area contributed by atoms with E-state index < -0.39 is 5.97 Å². The average Bonchev–Trinajstić information content (AvgIpc) is 2.41. The van der Waals surface area contributed by atoms with Crippen LogP contribution in [0.3, 0.4) is 0 Å². The van der Waals surface area contributed by atoms with Crippen LogP contribution >= 0.6 is 0 Å². The van der Waals surface area contributed by atoms with Crippen LogP contribution < -0.4 is 0 Å². The topological polar surface area (TPSA) is 43.8 Å². The highest BCUT2D eigenvalue weighted by molar-refractivity contribution is 5.70. The van der Waals surface area contributed by atoms with Crippen molar-refractivity contribution in [2.75, 3.05) is 33.2 Å². The summed E-state index contributed by atoms with van der Waals surface area (Å²) in [5.41, 5.74) is 0. The van der Waals surface area contributed by atoms with Gasteiger partial charge in [0.05, 0.1) is 5.92 Å². The SMILES string of the molecule is CC(C(=O)O)C1CN(C2CCCN(C)CC2)C1. The van der Waals surface area contributed by atoms with E-state index in [0.717, 1.165) is 13.1 Å². The molecule has 2 saturated heterocycles. The smallest absolute Gasteiger partial charge is 0.306 e. The van der Waals surface area contributed by atoms with Crippen LogP contribution in [0.25, 0.3) is 0 Å². The van der Waals surface area contributed by atoms with E-state index in [-0.39, 0.29) is 5.92 Å². The van der Waals surface area contributed by atoms with Crippen LogP contribution in [-0.4, -0.2) is 60.1 Å². The molecule has 0 aromatic heterocycles. The van der Waals surface area contributed by atoms with Crippen molar-refractivity contribution in [2.45, 2.75) is 32.2 Å². The first-order valence-corrected chi connectivity index (χ1v) is 6.73. The number of carbonyl (C=O) groups is 1. The maximum absolute atomic E-state index is 10.9. The minimum Gasteiger partial charge on any atom is -0.481 e. The Morgan fingerprint density at radius 1 is 1.29 bits per heavy atom. The van der Waals surface area contributed by atoms with Crippen molar-refractivity contribution in [3.63, 3.8) is 0 Å². The highest BCUT2D eigenvalue weighted by Crippen LogP contribution is 2.29. The zero-order valence-corrected chi connectivity index (χ0v) is 10.9. The van der Waals surface area contributed by atoms with Crippen LogP contribution in [0.1, 0.15) is 26.2 Å². The molecule has 2 aliphatic rings. The van der Waals surface area contributed by atoms with E-state index in [9.17, 15) is 4.79 Å². The molecule has 0 aromatic carbocycles. The van der Waals surface area contributed by atoms with Crippen LogP contribution in [0.5, 0.6) is 0 Å². The fourth-order valence-corrected chi connectivity index (χ4v) is 2.95. The Morgan fingerprint density at radius 2 is 2.00 bits per heavy atom. The lowest BCUT2D eigenvalue weighted by atomic mass is 9.85. The summed E-state index contributed by atoms with van der Waals surface area (Å²) >= 11 is 0. The summed E-state index contributed by atoms with van der Waals surface area (Å²) in [5.74, 6) is -0.455. The highest BCUT2D eigenvalue weighted by Gasteiger charge is 2.37. The number of hydrogen-bond acceptors (Lipinski definition) is 3. The Kier molecular flexibility index (Phi) is 4.05. The third-order valence-electron chi connectivity index (χ3n) is 4.47. The van der Waals surface area contributed by atoms with Gasteiger partial charge in [-0.2, -0.15) is 0 Å². The second kappa shape index (κ2) is 5.36. The van der Waals surface area contributed by atoms with E-state index in [1.54, 1.807) is 0 Å². The van der Waals surface area contributed by atoms with Crippen LogP contribution in [0, 0.1) is 11.8 Å². The van der Waals surface area contributed by atoms with Crippen molar-refractivity contribution >= 4 is 5.97 Å². The van der Waals surface area contributed by atoms with Gasteiger partial charge in [0, 0.05) is 19.1 Å². The Bertz CT molecular complexity index is 277. The molecule has 98 valence electrons. The molecule has 4 nitrogen and oxygen atoms in total. The van der Waals surface area contributed by atoms with E-state index >= 15 is 0 Å². The van der Waals surface area contributed by atoms with Gasteiger partial charge in [0.25, 0.3) is 0 Å². The van der Waals surface area contributed by atoms with Crippen LogP contribution in [0.2, 0.25) is 0 Å². The fourth-order valence-electron chi connectivity index (χ4n) is 2.95. The standard InChI is InChI=1S/C13H24N2O2/c1-10(13(16)17)11-8-15(9-11)12-4-3-6-14(2)7-5-12/h10-12H,3-9H2,1-2H3,(H,16,17). The molecule has 2 rings (SSSR count). The Balaban J connectivity index is 1.77. The van der Waals surface area contributed by atoms with Gasteiger partial charge in [0.15, 0.2) is 0 Å². The molecule has 17 heavy (non-hydrogen) atoms. The maximum atomic E-state index is 10.9. The second-order valence-electron chi connectivity index (χ2n) is 5.73. The third kappa shape index (κ3) is 2.99. The van der Waals surface area contributed by atoms with E-state index in [2.05, 4.69) is 16.8 Å². The Morgan fingerprint density at radius 3 is 2.65 bits per heavy atom. The largest absolute Gasteiger partial charge is 0.481 e. The van der Waals surface area contributed by atoms with Crippen molar-refractivity contribution in [1.82, 2.24) is 9.80 Å². The van der Waals surface area contributed by atoms with Gasteiger partial charge < -0.3 is 10.0 Å².